The van der Waals surface area contributed by atoms with E-state index in [9.17, 15) is 33.2 Å². The summed E-state index contributed by atoms with van der Waals surface area (Å²) in [6.07, 6.45) is -2.02. The molecule has 10 atom stereocenters. The largest absolute Gasteiger partial charge is 1.00 e. The van der Waals surface area contributed by atoms with Crippen LogP contribution in [-0.4, -0.2) is 116 Å². The summed E-state index contributed by atoms with van der Waals surface area (Å²) >= 11 is 5.34. The minimum absolute atomic E-state index is 0. The topological polar surface area (TPSA) is 237 Å². The molecule has 0 aliphatic carbocycles. The van der Waals surface area contributed by atoms with Gasteiger partial charge in [-0.05, 0) is 26.7 Å². The molecular weight excluding hydrogens is 741 g/mol. The fourth-order valence-corrected chi connectivity index (χ4v) is 5.44. The average molecular weight is 776 g/mol. The van der Waals surface area contributed by atoms with E-state index in [1.54, 1.807) is 0 Å². The van der Waals surface area contributed by atoms with Crippen molar-refractivity contribution < 1.29 is 192 Å². The number of carbonyl (C=O) groups is 7. The number of carboxylic acids is 1. The van der Waals surface area contributed by atoms with Gasteiger partial charge in [0.15, 0.2) is 31.0 Å². The molecule has 6 aliphatic rings. The van der Waals surface area contributed by atoms with Crippen LogP contribution in [0.3, 0.4) is 0 Å². The van der Waals surface area contributed by atoms with Crippen molar-refractivity contribution >= 4 is 53.9 Å². The first kappa shape index (κ1) is 46.2. The molecule has 10 unspecified atom stereocenters. The molecule has 0 aromatic heterocycles. The van der Waals surface area contributed by atoms with Gasteiger partial charge >= 0.3 is 139 Å². The van der Waals surface area contributed by atoms with Crippen LogP contribution in [0.5, 0.6) is 0 Å². The predicted octanol–water partition coefficient (Wildman–Crippen LogP) is -6.63. The van der Waals surface area contributed by atoms with Crippen molar-refractivity contribution in [3.63, 3.8) is 0 Å². The van der Waals surface area contributed by atoms with E-state index in [1.807, 2.05) is 0 Å². The van der Waals surface area contributed by atoms with E-state index in [0.717, 1.165) is 0 Å². The van der Waals surface area contributed by atoms with Gasteiger partial charge in [0.1, 0.15) is 18.1 Å². The summed E-state index contributed by atoms with van der Waals surface area (Å²) in [7, 11) is -1.00. The van der Waals surface area contributed by atoms with Gasteiger partial charge in [-0.15, -0.1) is 11.6 Å². The number of fused-ring (bicyclic) bond motifs is 2. The third-order valence-corrected chi connectivity index (χ3v) is 7.50. The number of carbonyl (C=O) groups excluding carboxylic acids is 6. The predicted molar refractivity (Wildman–Crippen MR) is 147 cm³/mol. The Morgan fingerprint density at radius 3 is 1.67 bits per heavy atom. The van der Waals surface area contributed by atoms with E-state index >= 15 is 0 Å². The maximum Gasteiger partial charge on any atom is 1.00 e. The van der Waals surface area contributed by atoms with E-state index in [1.165, 1.54) is 13.8 Å². The van der Waals surface area contributed by atoms with Crippen LogP contribution in [0.2, 0.25) is 0 Å². The van der Waals surface area contributed by atoms with Crippen LogP contribution in [0, 0.1) is 11.8 Å². The second-order valence-corrected chi connectivity index (χ2v) is 10.7. The summed E-state index contributed by atoms with van der Waals surface area (Å²) in [4.78, 5) is 77.5. The van der Waals surface area contributed by atoms with E-state index in [4.69, 9.17) is 61.3 Å². The van der Waals surface area contributed by atoms with Crippen LogP contribution in [0.25, 0.3) is 0 Å². The van der Waals surface area contributed by atoms with Crippen LogP contribution >= 0.6 is 11.6 Å². The molecule has 0 spiro atoms. The molecule has 0 aromatic rings. The standard InChI is InChI=1S/C13H14O7.C9H9ClO5.C4H6O2.CH3F.CH2O3.2K.H/c1-5(2)12(15)17-4-8(14)19-10-7-3-6-9(18-7)11(10)20-13(6)16;10-2-5(11)14-7-4-1-3-6(13-4)8(7)15-9(3)12;1-3(2)4(5)6;1-2;2-1-4-3;;;/h6-7,9-11H,1,3-4H2,2H3;3-4,6-8H,1-2H2;1H2,2H3,(H,5,6);1H3;1,3H;;;/q;;;;;2*+1;-1/p-1/i;;;1D;;;;. The Labute approximate surface area is 372 Å². The molecule has 21 heteroatoms. The van der Waals surface area contributed by atoms with E-state index in [0.29, 0.717) is 12.8 Å². The first-order chi connectivity index (χ1) is 22.6. The summed E-state index contributed by atoms with van der Waals surface area (Å²) in [5, 5.41) is 16.3. The molecule has 6 aliphatic heterocycles. The number of alkyl halides is 2. The maximum atomic E-state index is 11.6. The van der Waals surface area contributed by atoms with Crippen molar-refractivity contribution in [3.05, 3.63) is 24.3 Å². The molecule has 264 valence electrons. The molecule has 0 amide bonds. The van der Waals surface area contributed by atoms with Crippen molar-refractivity contribution in [2.75, 3.05) is 19.6 Å². The first-order valence-electron chi connectivity index (χ1n) is 14.3. The van der Waals surface area contributed by atoms with E-state index in [-0.39, 0.29) is 176 Å². The van der Waals surface area contributed by atoms with Gasteiger partial charge in [-0.1, -0.05) is 13.2 Å². The Kier molecular flexibility index (Phi) is 21.6. The summed E-state index contributed by atoms with van der Waals surface area (Å²) in [5.41, 5.74) is 0.378. The van der Waals surface area contributed by atoms with Gasteiger partial charge in [-0.3, -0.25) is 23.6 Å². The SMILES string of the molecule is C=C(C)C(=O)O.C=C(C)C(=O)OCC(=O)OC1C2CC3C(=O)OC1C3O2.O=C(CCl)OC1C2CC3C(=O)OC1C3O2.O=CO[O-].[2H]CF.[H-].[K+].[K+]. The number of esters is 5. The number of hydrogen-bond acceptors (Lipinski definition) is 16. The molecular formula is C28H34ClFK2O17. The van der Waals surface area contributed by atoms with Crippen LogP contribution < -0.4 is 108 Å². The van der Waals surface area contributed by atoms with Crippen molar-refractivity contribution in [1.82, 2.24) is 0 Å². The third-order valence-electron chi connectivity index (χ3n) is 7.29. The van der Waals surface area contributed by atoms with E-state index < -0.39 is 62.1 Å². The molecule has 6 rings (SSSR count). The Hall–Kier alpha value is -0.857. The van der Waals surface area contributed by atoms with Crippen molar-refractivity contribution in [1.29, 1.82) is 0 Å². The number of hydrogen-bond donors (Lipinski definition) is 1. The Morgan fingerprint density at radius 2 is 1.35 bits per heavy atom. The Morgan fingerprint density at radius 1 is 0.959 bits per heavy atom. The maximum absolute atomic E-state index is 11.6. The molecule has 1 N–H and O–H groups in total. The molecule has 4 bridgehead atoms. The molecule has 6 saturated heterocycles. The molecule has 17 nitrogen and oxygen atoms in total. The Bertz CT molecular complexity index is 1270. The van der Waals surface area contributed by atoms with Gasteiger partial charge in [0.25, 0.3) is 6.47 Å². The van der Waals surface area contributed by atoms with Crippen LogP contribution in [0.15, 0.2) is 24.3 Å². The Balaban J connectivity index is 0. The fraction of sp³-hybridized carbons (Fsp3) is 0.607. The summed E-state index contributed by atoms with van der Waals surface area (Å²) in [6.45, 7) is 8.81. The van der Waals surface area contributed by atoms with Crippen molar-refractivity contribution in [2.24, 2.45) is 11.8 Å². The second-order valence-electron chi connectivity index (χ2n) is 10.4. The van der Waals surface area contributed by atoms with Crippen LogP contribution in [0.1, 0.15) is 29.5 Å². The van der Waals surface area contributed by atoms with Gasteiger partial charge in [0.2, 0.25) is 0 Å². The van der Waals surface area contributed by atoms with Crippen molar-refractivity contribution in [3.8, 4) is 0 Å². The minimum atomic E-state index is -1.00. The van der Waals surface area contributed by atoms with Crippen molar-refractivity contribution in [2.45, 2.75) is 75.5 Å². The molecule has 0 aromatic carbocycles. The molecule has 6 heterocycles. The van der Waals surface area contributed by atoms with Gasteiger partial charge in [0.05, 0.1) is 32.6 Å². The monoisotopic (exact) mass is 775 g/mol. The fourth-order valence-electron chi connectivity index (χ4n) is 5.38. The zero-order chi connectivity index (χ0) is 36.3. The molecule has 49 heavy (non-hydrogen) atoms. The van der Waals surface area contributed by atoms with Gasteiger partial charge in [0, 0.05) is 11.1 Å². The summed E-state index contributed by atoms with van der Waals surface area (Å²) < 4.78 is 51.9. The number of ether oxygens (including phenoxy) is 7. The third kappa shape index (κ3) is 12.7. The minimum Gasteiger partial charge on any atom is -1.00 e. The zero-order valence-corrected chi connectivity index (χ0v) is 34.0. The number of carboxylic acid groups (broad SMARTS) is 1. The van der Waals surface area contributed by atoms with Crippen LogP contribution in [0.4, 0.5) is 4.39 Å². The van der Waals surface area contributed by atoms with Crippen LogP contribution in [-0.2, 0) is 71.6 Å². The van der Waals surface area contributed by atoms with E-state index in [2.05, 4.69) is 18.0 Å². The number of rotatable bonds is 8. The molecule has 6 fully saturated rings. The summed E-state index contributed by atoms with van der Waals surface area (Å²) in [5.74, 6) is -3.91. The number of halogens is 2. The normalized spacial score (nSPS) is 30.7. The number of aliphatic carboxylic acids is 1. The first-order valence-corrected chi connectivity index (χ1v) is 14.1. The van der Waals surface area contributed by atoms with Gasteiger partial charge in [-0.25, -0.2) is 14.4 Å². The molecule has 0 saturated carbocycles. The van der Waals surface area contributed by atoms with Gasteiger partial charge < -0.3 is 49.8 Å². The average Bonchev–Trinajstić information content (AvgIpc) is 3.86. The smallest absolute Gasteiger partial charge is 1.00 e. The second kappa shape index (κ2) is 22.9. The summed E-state index contributed by atoms with van der Waals surface area (Å²) in [6, 6.07) is 0. The zero-order valence-electron chi connectivity index (χ0n) is 29.0. The van der Waals surface area contributed by atoms with Gasteiger partial charge in [-0.2, -0.15) is 0 Å². The quantitative estimate of drug-likeness (QED) is 0.0353. The molecule has 0 radical (unpaired) electrons.